The second-order valence-corrected chi connectivity index (χ2v) is 24.1. The molecule has 8 aromatic carbocycles. The minimum Gasteiger partial charge on any atom is -0.0622 e. The molecule has 0 N–H and O–H groups in total. The SMILES string of the molecule is [Fe].c1ccc(P(c2ccccc2)C(CCC(P(c2ccccc2)c2ccccc2)P(c2ccccc2)c2ccccc2)P(c2ccccc2)c2ccccc2)cc1. The molecule has 0 atom stereocenters. The average molecular weight is 851 g/mol. The summed E-state index contributed by atoms with van der Waals surface area (Å²) >= 11 is 0. The molecule has 0 bridgehead atoms. The molecule has 0 heterocycles. The molecule has 0 aromatic heterocycles. The van der Waals surface area contributed by atoms with Crippen molar-refractivity contribution in [2.45, 2.75) is 23.6 Å². The zero-order chi connectivity index (χ0) is 37.8. The van der Waals surface area contributed by atoms with Crippen molar-refractivity contribution in [3.63, 3.8) is 0 Å². The van der Waals surface area contributed by atoms with Gasteiger partial charge < -0.3 is 0 Å². The molecule has 0 radical (unpaired) electrons. The van der Waals surface area contributed by atoms with E-state index in [0.717, 1.165) is 12.8 Å². The molecule has 0 aliphatic carbocycles. The fourth-order valence-electron chi connectivity index (χ4n) is 7.73. The van der Waals surface area contributed by atoms with Gasteiger partial charge in [-0.25, -0.2) is 0 Å². The van der Waals surface area contributed by atoms with Gasteiger partial charge in [-0.3, -0.25) is 0 Å². The van der Waals surface area contributed by atoms with Gasteiger partial charge in [0.05, 0.1) is 0 Å². The van der Waals surface area contributed by atoms with Crippen LogP contribution in [0, 0.1) is 0 Å². The number of rotatable bonds is 15. The van der Waals surface area contributed by atoms with E-state index in [1.807, 2.05) is 0 Å². The van der Waals surface area contributed by atoms with E-state index in [-0.39, 0.29) is 17.1 Å². The molecule has 5 heteroatoms. The zero-order valence-corrected chi connectivity index (χ0v) is 36.5. The molecule has 0 aliphatic heterocycles. The van der Waals surface area contributed by atoms with Crippen LogP contribution in [0.5, 0.6) is 0 Å². The minimum absolute atomic E-state index is 0. The summed E-state index contributed by atoms with van der Waals surface area (Å²) in [5.74, 6) is 0. The first-order valence-electron chi connectivity index (χ1n) is 19.4. The number of benzene rings is 8. The van der Waals surface area contributed by atoms with Crippen molar-refractivity contribution in [3.05, 3.63) is 243 Å². The van der Waals surface area contributed by atoms with E-state index in [1.54, 1.807) is 0 Å². The maximum Gasteiger partial charge on any atom is 0.0155 e. The summed E-state index contributed by atoms with van der Waals surface area (Å²) in [6, 6.07) is 91.6. The standard InChI is InChI=1S/C52H46P4.Fe/c1-9-25-43(26-10-1)53(44-27-11-2-12-28-44)51(54(45-29-13-3-14-30-45)46-31-15-4-16-32-46)41-42-52(55(47-33-17-5-18-34-47)48-35-19-6-20-36-48)56(49-37-21-7-22-38-49)50-39-23-8-24-40-50;/h1-40,51-52H,41-42H2;. The Bertz CT molecular complexity index is 1820. The van der Waals surface area contributed by atoms with Crippen LogP contribution in [0.25, 0.3) is 0 Å². The van der Waals surface area contributed by atoms with E-state index in [4.69, 9.17) is 0 Å². The largest absolute Gasteiger partial charge is 0.0622 e. The summed E-state index contributed by atoms with van der Waals surface area (Å²) in [4.78, 5) is 0. The monoisotopic (exact) mass is 850 g/mol. The van der Waals surface area contributed by atoms with Gasteiger partial charge in [-0.1, -0.05) is 243 Å². The van der Waals surface area contributed by atoms with E-state index in [1.165, 1.54) is 42.4 Å². The molecule has 0 spiro atoms. The third-order valence-electron chi connectivity index (χ3n) is 10.2. The van der Waals surface area contributed by atoms with Gasteiger partial charge >= 0.3 is 0 Å². The molecule has 0 aliphatic rings. The first-order chi connectivity index (χ1) is 27.8. The summed E-state index contributed by atoms with van der Waals surface area (Å²) in [6.07, 6.45) is 2.21. The Hall–Kier alpha value is -4.00. The van der Waals surface area contributed by atoms with Gasteiger partial charge in [-0.05, 0) is 87.0 Å². The van der Waals surface area contributed by atoms with Crippen molar-refractivity contribution >= 4 is 74.1 Å². The fourth-order valence-corrected chi connectivity index (χ4v) is 22.3. The van der Waals surface area contributed by atoms with Crippen molar-refractivity contribution < 1.29 is 17.1 Å². The van der Waals surface area contributed by atoms with Gasteiger partial charge in [0.2, 0.25) is 0 Å². The van der Waals surface area contributed by atoms with Crippen molar-refractivity contribution in [1.29, 1.82) is 0 Å². The Kier molecular flexibility index (Phi) is 15.3. The van der Waals surface area contributed by atoms with Crippen LogP contribution in [0.4, 0.5) is 0 Å². The van der Waals surface area contributed by atoms with E-state index in [9.17, 15) is 0 Å². The number of hydrogen-bond acceptors (Lipinski definition) is 0. The quantitative estimate of drug-likeness (QED) is 0.0712. The molecular formula is C52H46FeP4. The van der Waals surface area contributed by atoms with Crippen molar-refractivity contribution in [1.82, 2.24) is 0 Å². The molecule has 0 fully saturated rings. The Morgan fingerprint density at radius 1 is 0.211 bits per heavy atom. The maximum absolute atomic E-state index is 2.40. The second-order valence-electron chi connectivity index (χ2n) is 13.7. The first kappa shape index (κ1) is 41.2. The molecular weight excluding hydrogens is 804 g/mol. The molecule has 8 aromatic rings. The topological polar surface area (TPSA) is 0 Å². The summed E-state index contributed by atoms with van der Waals surface area (Å²) in [5.41, 5.74) is 0. The van der Waals surface area contributed by atoms with E-state index in [0.29, 0.717) is 10.8 Å². The van der Waals surface area contributed by atoms with E-state index >= 15 is 0 Å². The van der Waals surface area contributed by atoms with E-state index < -0.39 is 31.7 Å². The van der Waals surface area contributed by atoms with Crippen molar-refractivity contribution in [2.24, 2.45) is 0 Å². The molecule has 0 nitrogen and oxygen atoms in total. The van der Waals surface area contributed by atoms with Crippen molar-refractivity contribution in [3.8, 4) is 0 Å². The molecule has 282 valence electrons. The predicted octanol–water partition coefficient (Wildman–Crippen LogP) is 10.9. The van der Waals surface area contributed by atoms with E-state index in [2.05, 4.69) is 243 Å². The third kappa shape index (κ3) is 10.2. The van der Waals surface area contributed by atoms with Crippen molar-refractivity contribution in [2.75, 3.05) is 0 Å². The molecule has 0 amide bonds. The average Bonchev–Trinajstić information content (AvgIpc) is 3.28. The second kappa shape index (κ2) is 21.1. The zero-order valence-electron chi connectivity index (χ0n) is 31.8. The van der Waals surface area contributed by atoms with Gasteiger partial charge in [0.1, 0.15) is 0 Å². The molecule has 8 rings (SSSR count). The summed E-state index contributed by atoms with van der Waals surface area (Å²) in [5, 5.41) is 12.4. The summed E-state index contributed by atoms with van der Waals surface area (Å²) in [7, 11) is -2.98. The van der Waals surface area contributed by atoms with Gasteiger partial charge in [0.15, 0.2) is 0 Å². The molecule has 0 unspecified atom stereocenters. The first-order valence-corrected chi connectivity index (χ1v) is 25.1. The van der Waals surface area contributed by atoms with Gasteiger partial charge in [-0.2, -0.15) is 0 Å². The van der Waals surface area contributed by atoms with Crippen LogP contribution in [-0.2, 0) is 17.1 Å². The summed E-state index contributed by atoms with van der Waals surface area (Å²) < 4.78 is 0. The number of hydrogen-bond donors (Lipinski definition) is 0. The third-order valence-corrected chi connectivity index (χ3v) is 23.2. The van der Waals surface area contributed by atoms with Crippen LogP contribution in [0.2, 0.25) is 0 Å². The van der Waals surface area contributed by atoms with Crippen LogP contribution < -0.4 is 42.4 Å². The molecule has 0 saturated heterocycles. The predicted molar refractivity (Wildman–Crippen MR) is 253 cm³/mol. The Morgan fingerprint density at radius 2 is 0.333 bits per heavy atom. The Balaban J connectivity index is 0.00000496. The Morgan fingerprint density at radius 3 is 0.456 bits per heavy atom. The van der Waals surface area contributed by atoms with Gasteiger partial charge in [-0.15, -0.1) is 0 Å². The van der Waals surface area contributed by atoms with Crippen LogP contribution in [-0.4, -0.2) is 10.8 Å². The van der Waals surface area contributed by atoms with Gasteiger partial charge in [0.25, 0.3) is 0 Å². The normalized spacial score (nSPS) is 11.4. The van der Waals surface area contributed by atoms with Gasteiger partial charge in [0, 0.05) is 27.9 Å². The molecule has 0 saturated carbocycles. The van der Waals surface area contributed by atoms with Crippen LogP contribution in [0.3, 0.4) is 0 Å². The van der Waals surface area contributed by atoms with Crippen LogP contribution in [0.1, 0.15) is 12.8 Å². The summed E-state index contributed by atoms with van der Waals surface area (Å²) in [6.45, 7) is 0. The van der Waals surface area contributed by atoms with Crippen LogP contribution in [0.15, 0.2) is 243 Å². The molecule has 57 heavy (non-hydrogen) atoms. The Labute approximate surface area is 355 Å². The fraction of sp³-hybridized carbons (Fsp3) is 0.0769. The maximum atomic E-state index is 2.40. The smallest absolute Gasteiger partial charge is 0.0155 e. The minimum atomic E-state index is -0.744. The van der Waals surface area contributed by atoms with Crippen LogP contribution >= 0.6 is 31.7 Å².